The average Bonchev–Trinajstić information content (AvgIpc) is 3.25. The number of benzene rings is 2. The molecule has 1 aromatic heterocycles. The summed E-state index contributed by atoms with van der Waals surface area (Å²) in [7, 11) is 0. The lowest BCUT2D eigenvalue weighted by molar-refractivity contribution is 0.0997. The Morgan fingerprint density at radius 1 is 1.23 bits per heavy atom. The monoisotopic (exact) mass is 370 g/mol. The fourth-order valence-corrected chi connectivity index (χ4v) is 4.04. The van der Waals surface area contributed by atoms with Gasteiger partial charge < -0.3 is 18.8 Å². The standard InChI is InChI=1S/C19H18N2O4S/c1-3-21-17-14(23-4-2)6-5-7-16(17)26-19(21)20-18(22)12-8-9-13-15(10-12)25-11-24-13/h5-10H,3-4,11H2,1-2H3. The van der Waals surface area contributed by atoms with E-state index in [1.54, 1.807) is 18.2 Å². The zero-order valence-corrected chi connectivity index (χ0v) is 15.3. The molecule has 0 N–H and O–H groups in total. The maximum atomic E-state index is 12.7. The van der Waals surface area contributed by atoms with E-state index >= 15 is 0 Å². The summed E-state index contributed by atoms with van der Waals surface area (Å²) >= 11 is 1.48. The molecule has 6 nitrogen and oxygen atoms in total. The number of amides is 1. The van der Waals surface area contributed by atoms with Crippen molar-refractivity contribution in [3.8, 4) is 17.2 Å². The number of carbonyl (C=O) groups is 1. The lowest BCUT2D eigenvalue weighted by Gasteiger charge is -2.07. The van der Waals surface area contributed by atoms with Crippen LogP contribution in [0.2, 0.25) is 0 Å². The fraction of sp³-hybridized carbons (Fsp3) is 0.263. The van der Waals surface area contributed by atoms with Gasteiger partial charge in [0.2, 0.25) is 6.79 Å². The van der Waals surface area contributed by atoms with Gasteiger partial charge in [-0.15, -0.1) is 0 Å². The summed E-state index contributed by atoms with van der Waals surface area (Å²) in [6, 6.07) is 11.0. The molecule has 4 rings (SSSR count). The predicted molar refractivity (Wildman–Crippen MR) is 99.1 cm³/mol. The van der Waals surface area contributed by atoms with Gasteiger partial charge in [0.15, 0.2) is 16.3 Å². The molecular weight excluding hydrogens is 352 g/mol. The molecule has 3 aromatic rings. The van der Waals surface area contributed by atoms with Crippen LogP contribution in [0, 0.1) is 0 Å². The molecule has 0 unspecified atom stereocenters. The molecule has 134 valence electrons. The van der Waals surface area contributed by atoms with E-state index in [-0.39, 0.29) is 12.7 Å². The quantitative estimate of drug-likeness (QED) is 0.704. The Morgan fingerprint density at radius 2 is 2.08 bits per heavy atom. The highest BCUT2D eigenvalue weighted by molar-refractivity contribution is 7.16. The van der Waals surface area contributed by atoms with Crippen molar-refractivity contribution in [1.29, 1.82) is 0 Å². The molecule has 7 heteroatoms. The molecule has 26 heavy (non-hydrogen) atoms. The van der Waals surface area contributed by atoms with Crippen LogP contribution in [0.15, 0.2) is 41.4 Å². The van der Waals surface area contributed by atoms with Crippen LogP contribution in [0.5, 0.6) is 17.2 Å². The van der Waals surface area contributed by atoms with Crippen molar-refractivity contribution in [2.75, 3.05) is 13.4 Å². The number of fused-ring (bicyclic) bond motifs is 2. The number of ether oxygens (including phenoxy) is 3. The number of thiazole rings is 1. The molecule has 1 aliphatic heterocycles. The molecule has 0 bridgehead atoms. The van der Waals surface area contributed by atoms with E-state index in [2.05, 4.69) is 4.99 Å². The Balaban J connectivity index is 1.80. The number of rotatable bonds is 4. The highest BCUT2D eigenvalue weighted by atomic mass is 32.1. The van der Waals surface area contributed by atoms with Crippen LogP contribution in [0.1, 0.15) is 24.2 Å². The zero-order chi connectivity index (χ0) is 18.1. The number of hydrogen-bond donors (Lipinski definition) is 0. The highest BCUT2D eigenvalue weighted by Gasteiger charge is 2.17. The normalized spacial score (nSPS) is 13.4. The van der Waals surface area contributed by atoms with E-state index in [0.29, 0.717) is 35.0 Å². The summed E-state index contributed by atoms with van der Waals surface area (Å²) in [4.78, 5) is 17.7. The molecule has 1 aliphatic rings. The number of para-hydroxylation sites is 1. The second-order valence-corrected chi connectivity index (χ2v) is 6.66. The Labute approximate surface area is 154 Å². The van der Waals surface area contributed by atoms with Gasteiger partial charge in [0.05, 0.1) is 11.3 Å². The topological polar surface area (TPSA) is 62.1 Å². The van der Waals surface area contributed by atoms with E-state index in [1.807, 2.05) is 36.6 Å². The maximum absolute atomic E-state index is 12.7. The molecule has 2 aromatic carbocycles. The molecule has 0 fully saturated rings. The first-order valence-corrected chi connectivity index (χ1v) is 9.26. The van der Waals surface area contributed by atoms with Crippen molar-refractivity contribution in [1.82, 2.24) is 4.57 Å². The van der Waals surface area contributed by atoms with E-state index in [9.17, 15) is 4.79 Å². The number of carbonyl (C=O) groups excluding carboxylic acids is 1. The molecule has 1 amide bonds. The lowest BCUT2D eigenvalue weighted by Crippen LogP contribution is -2.16. The summed E-state index contributed by atoms with van der Waals surface area (Å²) in [5.41, 5.74) is 1.44. The van der Waals surface area contributed by atoms with Crippen LogP contribution in [0.3, 0.4) is 0 Å². The minimum absolute atomic E-state index is 0.177. The van der Waals surface area contributed by atoms with Crippen molar-refractivity contribution in [3.05, 3.63) is 46.8 Å². The fourth-order valence-electron chi connectivity index (χ4n) is 2.93. The molecule has 0 saturated heterocycles. The summed E-state index contributed by atoms with van der Waals surface area (Å²) in [6.45, 7) is 5.43. The van der Waals surface area contributed by atoms with Crippen molar-refractivity contribution < 1.29 is 19.0 Å². The van der Waals surface area contributed by atoms with Crippen molar-refractivity contribution in [2.45, 2.75) is 20.4 Å². The third-order valence-corrected chi connectivity index (χ3v) is 5.14. The number of aromatic nitrogens is 1. The average molecular weight is 370 g/mol. The minimum atomic E-state index is -0.310. The van der Waals surface area contributed by atoms with Gasteiger partial charge in [0, 0.05) is 12.1 Å². The third-order valence-electron chi connectivity index (χ3n) is 4.10. The second-order valence-electron chi connectivity index (χ2n) is 5.65. The van der Waals surface area contributed by atoms with Gasteiger partial charge in [0.1, 0.15) is 11.3 Å². The Bertz CT molecular complexity index is 1050. The van der Waals surface area contributed by atoms with Crippen molar-refractivity contribution in [3.63, 3.8) is 0 Å². The first-order chi connectivity index (χ1) is 12.7. The van der Waals surface area contributed by atoms with Gasteiger partial charge in [-0.2, -0.15) is 4.99 Å². The van der Waals surface area contributed by atoms with Crippen molar-refractivity contribution in [2.24, 2.45) is 4.99 Å². The molecule has 0 atom stereocenters. The minimum Gasteiger partial charge on any atom is -0.492 e. The first kappa shape index (κ1) is 16.7. The van der Waals surface area contributed by atoms with Gasteiger partial charge in [-0.05, 0) is 44.2 Å². The third kappa shape index (κ3) is 2.84. The highest BCUT2D eigenvalue weighted by Crippen LogP contribution is 2.32. The smallest absolute Gasteiger partial charge is 0.279 e. The number of aryl methyl sites for hydroxylation is 1. The molecule has 0 aliphatic carbocycles. The van der Waals surface area contributed by atoms with Crippen LogP contribution >= 0.6 is 11.3 Å². The van der Waals surface area contributed by atoms with Crippen LogP contribution in [0.25, 0.3) is 10.2 Å². The van der Waals surface area contributed by atoms with Crippen LogP contribution in [0.4, 0.5) is 0 Å². The number of hydrogen-bond acceptors (Lipinski definition) is 5. The second kappa shape index (κ2) is 6.84. The van der Waals surface area contributed by atoms with Crippen LogP contribution in [-0.4, -0.2) is 23.9 Å². The Hall–Kier alpha value is -2.80. The van der Waals surface area contributed by atoms with Gasteiger partial charge in [-0.3, -0.25) is 4.79 Å². The predicted octanol–water partition coefficient (Wildman–Crippen LogP) is 3.59. The van der Waals surface area contributed by atoms with Gasteiger partial charge in [-0.25, -0.2) is 0 Å². The van der Waals surface area contributed by atoms with E-state index < -0.39 is 0 Å². The van der Waals surface area contributed by atoms with Crippen LogP contribution < -0.4 is 19.0 Å². The molecule has 0 spiro atoms. The zero-order valence-electron chi connectivity index (χ0n) is 14.5. The summed E-state index contributed by atoms with van der Waals surface area (Å²) in [6.07, 6.45) is 0. The summed E-state index contributed by atoms with van der Waals surface area (Å²) in [5, 5.41) is 0. The van der Waals surface area contributed by atoms with E-state index in [4.69, 9.17) is 14.2 Å². The molecule has 2 heterocycles. The summed E-state index contributed by atoms with van der Waals surface area (Å²) in [5.74, 6) is 1.72. The Kier molecular flexibility index (Phi) is 4.38. The van der Waals surface area contributed by atoms with E-state index in [0.717, 1.165) is 16.0 Å². The van der Waals surface area contributed by atoms with Gasteiger partial charge in [-0.1, -0.05) is 17.4 Å². The maximum Gasteiger partial charge on any atom is 0.279 e. The lowest BCUT2D eigenvalue weighted by atomic mass is 10.2. The molecule has 0 radical (unpaired) electrons. The Morgan fingerprint density at radius 3 is 2.88 bits per heavy atom. The van der Waals surface area contributed by atoms with Crippen LogP contribution in [-0.2, 0) is 6.54 Å². The molecular formula is C19H18N2O4S. The largest absolute Gasteiger partial charge is 0.492 e. The molecule has 0 saturated carbocycles. The van der Waals surface area contributed by atoms with E-state index in [1.165, 1.54) is 11.3 Å². The van der Waals surface area contributed by atoms with Gasteiger partial charge in [0.25, 0.3) is 5.91 Å². The van der Waals surface area contributed by atoms with Crippen molar-refractivity contribution >= 4 is 27.5 Å². The summed E-state index contributed by atoms with van der Waals surface area (Å²) < 4.78 is 19.4. The first-order valence-electron chi connectivity index (χ1n) is 8.45. The van der Waals surface area contributed by atoms with Gasteiger partial charge >= 0.3 is 0 Å². The number of nitrogens with zero attached hydrogens (tertiary/aromatic N) is 2. The SMILES string of the molecule is CCOc1cccc2sc(=NC(=O)c3ccc4c(c3)OCO4)n(CC)c12.